The highest BCUT2D eigenvalue weighted by Gasteiger charge is 2.07. The molecule has 20 heavy (non-hydrogen) atoms. The summed E-state index contributed by atoms with van der Waals surface area (Å²) in [5.74, 6) is -1.20. The van der Waals surface area contributed by atoms with Crippen molar-refractivity contribution in [3.8, 4) is 0 Å². The number of carbonyl (C=O) groups excluding carboxylic acids is 1. The van der Waals surface area contributed by atoms with Gasteiger partial charge in [0.05, 0.1) is 38.6 Å². The average Bonchev–Trinajstić information content (AvgIpc) is 2.46. The Bertz CT molecular complexity index is 385. The van der Waals surface area contributed by atoms with Crippen LogP contribution in [0.1, 0.15) is 10.4 Å². The molecule has 112 valence electrons. The number of carbonyl (C=O) groups is 1. The Morgan fingerprint density at radius 2 is 1.75 bits per heavy atom. The van der Waals surface area contributed by atoms with E-state index in [1.165, 1.54) is 6.07 Å². The molecular weight excluding hydrogens is 269 g/mol. The highest BCUT2D eigenvalue weighted by atomic mass is 19.1. The van der Waals surface area contributed by atoms with E-state index in [0.29, 0.717) is 26.4 Å². The first-order chi connectivity index (χ1) is 9.74. The molecule has 0 aromatic carbocycles. The van der Waals surface area contributed by atoms with E-state index in [1.807, 2.05) is 0 Å². The summed E-state index contributed by atoms with van der Waals surface area (Å²) in [5.41, 5.74) is 0.203. The summed E-state index contributed by atoms with van der Waals surface area (Å²) in [4.78, 5) is 14.9. The number of esters is 1. The fraction of sp³-hybridized carbons (Fsp3) is 0.538. The van der Waals surface area contributed by atoms with Gasteiger partial charge in [0.2, 0.25) is 5.95 Å². The van der Waals surface area contributed by atoms with Gasteiger partial charge >= 0.3 is 5.97 Å². The van der Waals surface area contributed by atoms with Gasteiger partial charge in [-0.15, -0.1) is 0 Å². The molecule has 0 spiro atoms. The van der Waals surface area contributed by atoms with Crippen molar-refractivity contribution in [2.75, 3.05) is 46.8 Å². The van der Waals surface area contributed by atoms with Crippen molar-refractivity contribution >= 4 is 5.97 Å². The molecule has 0 bridgehead atoms. The van der Waals surface area contributed by atoms with Crippen LogP contribution in [0, 0.1) is 5.95 Å². The molecule has 0 fully saturated rings. The van der Waals surface area contributed by atoms with E-state index in [4.69, 9.17) is 18.9 Å². The lowest BCUT2D eigenvalue weighted by Gasteiger charge is -2.06. The van der Waals surface area contributed by atoms with E-state index in [-0.39, 0.29) is 18.8 Å². The second kappa shape index (κ2) is 10.2. The van der Waals surface area contributed by atoms with E-state index in [9.17, 15) is 9.18 Å². The second-order valence-corrected chi connectivity index (χ2v) is 3.72. The van der Waals surface area contributed by atoms with Crippen LogP contribution in [0.25, 0.3) is 0 Å². The summed E-state index contributed by atoms with van der Waals surface area (Å²) >= 11 is 0. The van der Waals surface area contributed by atoms with E-state index in [0.717, 1.165) is 12.3 Å². The molecule has 7 heteroatoms. The highest BCUT2D eigenvalue weighted by Crippen LogP contribution is 2.01. The number of aromatic nitrogens is 1. The Labute approximate surface area is 116 Å². The van der Waals surface area contributed by atoms with Gasteiger partial charge in [0.25, 0.3) is 0 Å². The lowest BCUT2D eigenvalue weighted by atomic mass is 10.3. The molecule has 0 N–H and O–H groups in total. The molecule has 1 heterocycles. The summed E-state index contributed by atoms with van der Waals surface area (Å²) < 4.78 is 32.7. The van der Waals surface area contributed by atoms with Crippen LogP contribution in [0.4, 0.5) is 4.39 Å². The minimum atomic E-state index is -0.640. The lowest BCUT2D eigenvalue weighted by Crippen LogP contribution is -2.14. The zero-order valence-electron chi connectivity index (χ0n) is 11.3. The van der Waals surface area contributed by atoms with Gasteiger partial charge in [-0.2, -0.15) is 4.39 Å². The third-order valence-corrected chi connectivity index (χ3v) is 2.23. The zero-order chi connectivity index (χ0) is 14.6. The van der Waals surface area contributed by atoms with Crippen molar-refractivity contribution in [3.05, 3.63) is 29.8 Å². The van der Waals surface area contributed by atoms with Gasteiger partial charge < -0.3 is 18.9 Å². The molecule has 0 unspecified atom stereocenters. The Hall–Kier alpha value is -1.57. The largest absolute Gasteiger partial charge is 0.460 e. The van der Waals surface area contributed by atoms with Gasteiger partial charge in [-0.05, 0) is 12.1 Å². The molecule has 0 radical (unpaired) electrons. The molecule has 0 aliphatic carbocycles. The number of rotatable bonds is 10. The van der Waals surface area contributed by atoms with Crippen molar-refractivity contribution in [1.82, 2.24) is 4.98 Å². The normalized spacial score (nSPS) is 10.5. The number of nitrogens with zero attached hydrogens (tertiary/aromatic N) is 1. The van der Waals surface area contributed by atoms with Crippen molar-refractivity contribution < 1.29 is 28.1 Å². The molecule has 1 rings (SSSR count). The number of methoxy groups -OCH3 is 1. The number of hydrogen-bond acceptors (Lipinski definition) is 6. The topological polar surface area (TPSA) is 66.9 Å². The number of pyridine rings is 1. The lowest BCUT2D eigenvalue weighted by molar-refractivity contribution is 0.00568. The maximum Gasteiger partial charge on any atom is 0.339 e. The van der Waals surface area contributed by atoms with Crippen LogP contribution in [0.3, 0.4) is 0 Å². The summed E-state index contributed by atoms with van der Waals surface area (Å²) in [6.45, 7) is 2.33. The molecule has 6 nitrogen and oxygen atoms in total. The van der Waals surface area contributed by atoms with E-state index < -0.39 is 11.9 Å². The molecule has 0 aliphatic rings. The highest BCUT2D eigenvalue weighted by molar-refractivity contribution is 5.88. The van der Waals surface area contributed by atoms with E-state index in [2.05, 4.69) is 4.98 Å². The molecule has 1 aromatic heterocycles. The van der Waals surface area contributed by atoms with Gasteiger partial charge in [-0.3, -0.25) is 0 Å². The van der Waals surface area contributed by atoms with Crippen LogP contribution in [-0.4, -0.2) is 57.7 Å². The van der Waals surface area contributed by atoms with Gasteiger partial charge in [0.1, 0.15) is 6.61 Å². The summed E-state index contributed by atoms with van der Waals surface area (Å²) in [7, 11) is 1.60. The third-order valence-electron chi connectivity index (χ3n) is 2.23. The monoisotopic (exact) mass is 287 g/mol. The van der Waals surface area contributed by atoms with Gasteiger partial charge in [0.15, 0.2) is 0 Å². The first-order valence-electron chi connectivity index (χ1n) is 6.17. The van der Waals surface area contributed by atoms with Crippen LogP contribution in [0.2, 0.25) is 0 Å². The minimum Gasteiger partial charge on any atom is -0.460 e. The summed E-state index contributed by atoms with van der Waals surface area (Å²) in [6.07, 6.45) is 1.13. The smallest absolute Gasteiger partial charge is 0.339 e. The Balaban J connectivity index is 2.01. The number of ether oxygens (including phenoxy) is 4. The van der Waals surface area contributed by atoms with E-state index >= 15 is 0 Å². The Kier molecular flexibility index (Phi) is 8.44. The third kappa shape index (κ3) is 7.13. The summed E-state index contributed by atoms with van der Waals surface area (Å²) in [6, 6.07) is 2.42. The van der Waals surface area contributed by atoms with Gasteiger partial charge in [-0.1, -0.05) is 0 Å². The average molecular weight is 287 g/mol. The van der Waals surface area contributed by atoms with Crippen molar-refractivity contribution in [1.29, 1.82) is 0 Å². The van der Waals surface area contributed by atoms with Crippen LogP contribution in [-0.2, 0) is 18.9 Å². The first-order valence-corrected chi connectivity index (χ1v) is 6.17. The molecule has 0 aliphatic heterocycles. The second-order valence-electron chi connectivity index (χ2n) is 3.72. The standard InChI is InChI=1S/C13H18FNO5/c1-17-4-5-18-6-7-19-8-9-20-13(16)11-2-3-12(14)15-10-11/h2-3,10H,4-9H2,1H3. The molecule has 0 saturated heterocycles. The Morgan fingerprint density at radius 1 is 1.10 bits per heavy atom. The number of halogens is 1. The van der Waals surface area contributed by atoms with Crippen LogP contribution < -0.4 is 0 Å². The predicted molar refractivity (Wildman–Crippen MR) is 68.0 cm³/mol. The quantitative estimate of drug-likeness (QED) is 0.364. The maximum atomic E-state index is 12.5. The first kappa shape index (κ1) is 16.5. The van der Waals surface area contributed by atoms with Crippen LogP contribution in [0.15, 0.2) is 18.3 Å². The fourth-order valence-corrected chi connectivity index (χ4v) is 1.24. The zero-order valence-corrected chi connectivity index (χ0v) is 11.3. The Morgan fingerprint density at radius 3 is 2.35 bits per heavy atom. The summed E-state index contributed by atoms with van der Waals surface area (Å²) in [5, 5.41) is 0. The number of hydrogen-bond donors (Lipinski definition) is 0. The fourth-order valence-electron chi connectivity index (χ4n) is 1.24. The van der Waals surface area contributed by atoms with Crippen molar-refractivity contribution in [3.63, 3.8) is 0 Å². The van der Waals surface area contributed by atoms with Gasteiger partial charge in [0, 0.05) is 13.3 Å². The van der Waals surface area contributed by atoms with Gasteiger partial charge in [-0.25, -0.2) is 9.78 Å². The molecule has 0 atom stereocenters. The maximum absolute atomic E-state index is 12.5. The molecule has 0 amide bonds. The molecular formula is C13H18FNO5. The molecule has 1 aromatic rings. The molecule has 0 saturated carbocycles. The van der Waals surface area contributed by atoms with Crippen LogP contribution in [0.5, 0.6) is 0 Å². The predicted octanol–water partition coefficient (Wildman–Crippen LogP) is 1.06. The minimum absolute atomic E-state index is 0.119. The van der Waals surface area contributed by atoms with E-state index in [1.54, 1.807) is 7.11 Å². The van der Waals surface area contributed by atoms with Crippen molar-refractivity contribution in [2.24, 2.45) is 0 Å². The SMILES string of the molecule is COCCOCCOCCOC(=O)c1ccc(F)nc1. The van der Waals surface area contributed by atoms with Crippen molar-refractivity contribution in [2.45, 2.75) is 0 Å². The van der Waals surface area contributed by atoms with Crippen LogP contribution >= 0.6 is 0 Å².